The molecule has 0 aliphatic carbocycles. The van der Waals surface area contributed by atoms with Gasteiger partial charge in [0.2, 0.25) is 0 Å². The van der Waals surface area contributed by atoms with Crippen LogP contribution >= 0.6 is 0 Å². The molecule has 1 N–H and O–H groups in total. The second kappa shape index (κ2) is 4.57. The number of aromatic nitrogens is 1. The predicted molar refractivity (Wildman–Crippen MR) is 62.0 cm³/mol. The van der Waals surface area contributed by atoms with Gasteiger partial charge in [0.1, 0.15) is 0 Å². The second-order valence-electron chi connectivity index (χ2n) is 3.44. The summed E-state index contributed by atoms with van der Waals surface area (Å²) < 4.78 is 0. The monoisotopic (exact) mass is 227 g/mol. The summed E-state index contributed by atoms with van der Waals surface area (Å²) >= 11 is 0. The van der Waals surface area contributed by atoms with Crippen molar-refractivity contribution in [2.75, 3.05) is 0 Å². The Morgan fingerprint density at radius 2 is 2.00 bits per heavy atom. The smallest absolute Gasteiger partial charge is 0.335 e. The normalized spacial score (nSPS) is 9.88. The molecular formula is C13H9NO3. The van der Waals surface area contributed by atoms with Gasteiger partial charge in [-0.2, -0.15) is 0 Å². The van der Waals surface area contributed by atoms with Crippen LogP contribution in [0.5, 0.6) is 0 Å². The topological polar surface area (TPSA) is 67.3 Å². The van der Waals surface area contributed by atoms with Gasteiger partial charge >= 0.3 is 5.97 Å². The summed E-state index contributed by atoms with van der Waals surface area (Å²) in [7, 11) is 0. The van der Waals surface area contributed by atoms with Gasteiger partial charge in [0.25, 0.3) is 0 Å². The van der Waals surface area contributed by atoms with E-state index in [0.717, 1.165) is 6.29 Å². The van der Waals surface area contributed by atoms with Crippen molar-refractivity contribution < 1.29 is 14.7 Å². The van der Waals surface area contributed by atoms with Crippen LogP contribution in [0.1, 0.15) is 20.7 Å². The number of hydrogen-bond acceptors (Lipinski definition) is 3. The highest BCUT2D eigenvalue weighted by Gasteiger charge is 2.08. The lowest BCUT2D eigenvalue weighted by Gasteiger charge is -2.04. The minimum Gasteiger partial charge on any atom is -0.478 e. The van der Waals surface area contributed by atoms with Gasteiger partial charge in [-0.1, -0.05) is 24.3 Å². The number of benzene rings is 1. The molecule has 1 aromatic carbocycles. The van der Waals surface area contributed by atoms with Gasteiger partial charge in [-0.25, -0.2) is 4.79 Å². The number of pyridine rings is 1. The van der Waals surface area contributed by atoms with Crippen LogP contribution in [0, 0.1) is 0 Å². The van der Waals surface area contributed by atoms with Gasteiger partial charge in [-0.05, 0) is 12.1 Å². The fourth-order valence-electron chi connectivity index (χ4n) is 1.54. The molecule has 0 aliphatic heterocycles. The van der Waals surface area contributed by atoms with Crippen molar-refractivity contribution in [1.29, 1.82) is 0 Å². The van der Waals surface area contributed by atoms with Crippen molar-refractivity contribution in [2.45, 2.75) is 0 Å². The van der Waals surface area contributed by atoms with Gasteiger partial charge in [0.05, 0.1) is 11.3 Å². The molecule has 1 heterocycles. The van der Waals surface area contributed by atoms with Gasteiger partial charge in [-0.15, -0.1) is 0 Å². The molecule has 0 saturated heterocycles. The molecule has 0 radical (unpaired) electrons. The van der Waals surface area contributed by atoms with Gasteiger partial charge in [-0.3, -0.25) is 9.78 Å². The summed E-state index contributed by atoms with van der Waals surface area (Å²) in [4.78, 5) is 25.8. The summed E-state index contributed by atoms with van der Waals surface area (Å²) in [6.45, 7) is 0. The molecule has 2 rings (SSSR count). The Hall–Kier alpha value is -2.49. The van der Waals surface area contributed by atoms with Crippen LogP contribution in [0.15, 0.2) is 42.6 Å². The Balaban J connectivity index is 2.56. The highest BCUT2D eigenvalue weighted by atomic mass is 16.4. The SMILES string of the molecule is O=Cc1ccccc1-c1cc(C(=O)O)ccn1. The van der Waals surface area contributed by atoms with Crippen LogP contribution in [-0.4, -0.2) is 22.3 Å². The average Bonchev–Trinajstić information content (AvgIpc) is 2.39. The van der Waals surface area contributed by atoms with Crippen molar-refractivity contribution in [3.63, 3.8) is 0 Å². The summed E-state index contributed by atoms with van der Waals surface area (Å²) in [5.41, 5.74) is 1.75. The zero-order valence-corrected chi connectivity index (χ0v) is 8.83. The third-order valence-electron chi connectivity index (χ3n) is 2.37. The molecule has 4 heteroatoms. The maximum absolute atomic E-state index is 10.9. The summed E-state index contributed by atoms with van der Waals surface area (Å²) in [6.07, 6.45) is 2.14. The maximum Gasteiger partial charge on any atom is 0.335 e. The van der Waals surface area contributed by atoms with E-state index in [1.165, 1.54) is 18.3 Å². The highest BCUT2D eigenvalue weighted by Crippen LogP contribution is 2.21. The van der Waals surface area contributed by atoms with E-state index in [1.54, 1.807) is 24.3 Å². The van der Waals surface area contributed by atoms with E-state index in [2.05, 4.69) is 4.98 Å². The van der Waals surface area contributed by atoms with E-state index in [4.69, 9.17) is 5.11 Å². The van der Waals surface area contributed by atoms with E-state index < -0.39 is 5.97 Å². The van der Waals surface area contributed by atoms with E-state index in [0.29, 0.717) is 16.8 Å². The largest absolute Gasteiger partial charge is 0.478 e. The molecule has 0 spiro atoms. The molecule has 0 unspecified atom stereocenters. The zero-order chi connectivity index (χ0) is 12.3. The minimum absolute atomic E-state index is 0.149. The number of carboxylic acid groups (broad SMARTS) is 1. The van der Waals surface area contributed by atoms with Crippen molar-refractivity contribution in [2.24, 2.45) is 0 Å². The lowest BCUT2D eigenvalue weighted by Crippen LogP contribution is -1.98. The molecule has 0 bridgehead atoms. The number of hydrogen-bond donors (Lipinski definition) is 1. The van der Waals surface area contributed by atoms with Crippen molar-refractivity contribution in [3.05, 3.63) is 53.7 Å². The number of carboxylic acids is 1. The quantitative estimate of drug-likeness (QED) is 0.816. The summed E-state index contributed by atoms with van der Waals surface area (Å²) in [5.74, 6) is -1.02. The fraction of sp³-hybridized carbons (Fsp3) is 0. The zero-order valence-electron chi connectivity index (χ0n) is 8.83. The Morgan fingerprint density at radius 3 is 2.71 bits per heavy atom. The van der Waals surface area contributed by atoms with Crippen molar-refractivity contribution in [3.8, 4) is 11.3 Å². The third-order valence-corrected chi connectivity index (χ3v) is 2.37. The van der Waals surface area contributed by atoms with Crippen LogP contribution in [-0.2, 0) is 0 Å². The van der Waals surface area contributed by atoms with Crippen LogP contribution < -0.4 is 0 Å². The average molecular weight is 227 g/mol. The summed E-state index contributed by atoms with van der Waals surface area (Å²) in [5, 5.41) is 8.89. The lowest BCUT2D eigenvalue weighted by molar-refractivity contribution is 0.0696. The molecular weight excluding hydrogens is 218 g/mol. The van der Waals surface area contributed by atoms with Gasteiger partial charge in [0, 0.05) is 17.3 Å². The highest BCUT2D eigenvalue weighted by molar-refractivity contribution is 5.91. The first kappa shape index (κ1) is 11.0. The summed E-state index contributed by atoms with van der Waals surface area (Å²) in [6, 6.07) is 9.78. The first-order valence-electron chi connectivity index (χ1n) is 4.96. The van der Waals surface area contributed by atoms with Gasteiger partial charge in [0.15, 0.2) is 6.29 Å². The fourth-order valence-corrected chi connectivity index (χ4v) is 1.54. The number of carbonyl (C=O) groups excluding carboxylic acids is 1. The number of rotatable bonds is 3. The second-order valence-corrected chi connectivity index (χ2v) is 3.44. The Bertz CT molecular complexity index is 578. The van der Waals surface area contributed by atoms with Crippen molar-refractivity contribution in [1.82, 2.24) is 4.98 Å². The first-order chi connectivity index (χ1) is 8.22. The Kier molecular flexibility index (Phi) is 2.96. The number of aldehydes is 1. The molecule has 0 aliphatic rings. The molecule has 17 heavy (non-hydrogen) atoms. The molecule has 0 saturated carbocycles. The number of nitrogens with zero attached hydrogens (tertiary/aromatic N) is 1. The molecule has 1 aromatic heterocycles. The molecule has 84 valence electrons. The minimum atomic E-state index is -1.02. The Morgan fingerprint density at radius 1 is 1.24 bits per heavy atom. The number of aromatic carboxylic acids is 1. The van der Waals surface area contributed by atoms with E-state index >= 15 is 0 Å². The van der Waals surface area contributed by atoms with E-state index in [9.17, 15) is 9.59 Å². The van der Waals surface area contributed by atoms with Crippen LogP contribution in [0.4, 0.5) is 0 Å². The van der Waals surface area contributed by atoms with Crippen LogP contribution in [0.25, 0.3) is 11.3 Å². The maximum atomic E-state index is 10.9. The molecule has 2 aromatic rings. The van der Waals surface area contributed by atoms with Gasteiger partial charge < -0.3 is 5.11 Å². The molecule has 4 nitrogen and oxygen atoms in total. The van der Waals surface area contributed by atoms with E-state index in [1.807, 2.05) is 0 Å². The Labute approximate surface area is 97.6 Å². The molecule has 0 amide bonds. The predicted octanol–water partition coefficient (Wildman–Crippen LogP) is 2.26. The third kappa shape index (κ3) is 2.20. The van der Waals surface area contributed by atoms with Crippen molar-refractivity contribution >= 4 is 12.3 Å². The van der Waals surface area contributed by atoms with Crippen LogP contribution in [0.2, 0.25) is 0 Å². The van der Waals surface area contributed by atoms with Crippen LogP contribution in [0.3, 0.4) is 0 Å². The molecule has 0 fully saturated rings. The van der Waals surface area contributed by atoms with E-state index in [-0.39, 0.29) is 5.56 Å². The first-order valence-corrected chi connectivity index (χ1v) is 4.96. The number of carbonyl (C=O) groups is 2. The standard InChI is InChI=1S/C13H9NO3/c15-8-10-3-1-2-4-11(10)12-7-9(13(16)17)5-6-14-12/h1-8H,(H,16,17). The molecule has 0 atom stereocenters. The lowest BCUT2D eigenvalue weighted by atomic mass is 10.0.